The molecule has 0 saturated carbocycles. The molecule has 0 bridgehead atoms. The van der Waals surface area contributed by atoms with Gasteiger partial charge in [-0.2, -0.15) is 5.10 Å². The van der Waals surface area contributed by atoms with Crippen molar-refractivity contribution in [1.82, 2.24) is 10.2 Å². The standard InChI is InChI=1S/C21H18ClN3O5S/c1-21(2,3)30-20(27)29-17-9-6-14(28-17)11-4-5-13-12(10-11)18(25-24-13)23-19(26)15-7-8-16(22)31-15/h4-10H,1-3H3,(H2,23,24,25,26). The van der Waals surface area contributed by atoms with Crippen molar-refractivity contribution in [2.24, 2.45) is 0 Å². The Balaban J connectivity index is 1.54. The van der Waals surface area contributed by atoms with E-state index in [9.17, 15) is 9.59 Å². The van der Waals surface area contributed by atoms with Crippen LogP contribution in [0.25, 0.3) is 22.2 Å². The van der Waals surface area contributed by atoms with Crippen LogP contribution in [-0.2, 0) is 4.74 Å². The van der Waals surface area contributed by atoms with Gasteiger partial charge in [-0.1, -0.05) is 11.6 Å². The number of hydrogen-bond acceptors (Lipinski definition) is 7. The SMILES string of the molecule is CC(C)(C)OC(=O)Oc1ccc(-c2ccc3[nH]nc(NC(=O)c4ccc(Cl)s4)c3c2)o1. The molecule has 0 aliphatic carbocycles. The quantitative estimate of drug-likeness (QED) is 0.357. The summed E-state index contributed by atoms with van der Waals surface area (Å²) in [4.78, 5) is 24.7. The number of hydrogen-bond donors (Lipinski definition) is 2. The molecule has 31 heavy (non-hydrogen) atoms. The summed E-state index contributed by atoms with van der Waals surface area (Å²) in [7, 11) is 0. The fourth-order valence-electron chi connectivity index (χ4n) is 2.75. The van der Waals surface area contributed by atoms with Gasteiger partial charge in [0.15, 0.2) is 5.82 Å². The van der Waals surface area contributed by atoms with Gasteiger partial charge in [0.05, 0.1) is 14.7 Å². The second kappa shape index (κ2) is 8.09. The normalized spacial score (nSPS) is 11.5. The van der Waals surface area contributed by atoms with Crippen molar-refractivity contribution in [2.75, 3.05) is 5.32 Å². The van der Waals surface area contributed by atoms with Crippen LogP contribution in [0.15, 0.2) is 46.9 Å². The summed E-state index contributed by atoms with van der Waals surface area (Å²) in [5, 5.41) is 10.5. The maximum absolute atomic E-state index is 12.4. The van der Waals surface area contributed by atoms with E-state index in [0.717, 1.165) is 5.52 Å². The van der Waals surface area contributed by atoms with E-state index >= 15 is 0 Å². The van der Waals surface area contributed by atoms with Crippen molar-refractivity contribution in [3.05, 3.63) is 51.7 Å². The molecule has 3 aromatic heterocycles. The second-order valence-corrected chi connectivity index (χ2v) is 9.29. The molecule has 1 aromatic carbocycles. The Bertz CT molecular complexity index is 1270. The smallest absolute Gasteiger partial charge is 0.428 e. The van der Waals surface area contributed by atoms with E-state index < -0.39 is 11.8 Å². The highest BCUT2D eigenvalue weighted by molar-refractivity contribution is 7.18. The molecule has 0 unspecified atom stereocenters. The van der Waals surface area contributed by atoms with Crippen LogP contribution in [0.3, 0.4) is 0 Å². The number of aromatic amines is 1. The number of carbonyl (C=O) groups is 2. The lowest BCUT2D eigenvalue weighted by Crippen LogP contribution is -2.25. The molecule has 0 aliphatic rings. The van der Waals surface area contributed by atoms with Crippen molar-refractivity contribution in [1.29, 1.82) is 0 Å². The fraction of sp³-hybridized carbons (Fsp3) is 0.190. The zero-order chi connectivity index (χ0) is 22.2. The topological polar surface area (TPSA) is 106 Å². The molecule has 0 aliphatic heterocycles. The number of ether oxygens (including phenoxy) is 2. The monoisotopic (exact) mass is 459 g/mol. The molecule has 8 nitrogen and oxygen atoms in total. The molecule has 10 heteroatoms. The average molecular weight is 460 g/mol. The summed E-state index contributed by atoms with van der Waals surface area (Å²) < 4.78 is 16.3. The maximum atomic E-state index is 12.4. The Morgan fingerprint density at radius 1 is 1.16 bits per heavy atom. The number of rotatable bonds is 4. The summed E-state index contributed by atoms with van der Waals surface area (Å²) in [5.41, 5.74) is 0.774. The van der Waals surface area contributed by atoms with E-state index in [2.05, 4.69) is 15.5 Å². The minimum absolute atomic E-state index is 0.0136. The largest absolute Gasteiger partial charge is 0.516 e. The van der Waals surface area contributed by atoms with Crippen LogP contribution in [0.1, 0.15) is 30.4 Å². The highest BCUT2D eigenvalue weighted by Gasteiger charge is 2.20. The molecule has 0 radical (unpaired) electrons. The first kappa shape index (κ1) is 21.0. The molecule has 0 atom stereocenters. The second-order valence-electron chi connectivity index (χ2n) is 7.58. The number of aromatic nitrogens is 2. The van der Waals surface area contributed by atoms with Gasteiger partial charge in [-0.25, -0.2) is 4.79 Å². The van der Waals surface area contributed by atoms with Crippen LogP contribution in [0.2, 0.25) is 4.34 Å². The Hall–Kier alpha value is -3.30. The molecule has 0 saturated heterocycles. The molecule has 0 spiro atoms. The summed E-state index contributed by atoms with van der Waals surface area (Å²) in [6.45, 7) is 5.22. The highest BCUT2D eigenvalue weighted by atomic mass is 35.5. The Morgan fingerprint density at radius 3 is 2.68 bits per heavy atom. The van der Waals surface area contributed by atoms with E-state index in [1.807, 2.05) is 18.2 Å². The van der Waals surface area contributed by atoms with E-state index in [4.69, 9.17) is 25.5 Å². The zero-order valence-corrected chi connectivity index (χ0v) is 18.4. The first-order valence-electron chi connectivity index (χ1n) is 9.24. The summed E-state index contributed by atoms with van der Waals surface area (Å²) in [6, 6.07) is 12.0. The average Bonchev–Trinajstić information content (AvgIpc) is 3.40. The number of anilines is 1. The molecular weight excluding hydrogens is 442 g/mol. The first-order chi connectivity index (χ1) is 14.7. The molecule has 0 fully saturated rings. The number of nitrogens with zero attached hydrogens (tertiary/aromatic N) is 1. The van der Waals surface area contributed by atoms with Gasteiger partial charge < -0.3 is 19.2 Å². The number of amides is 1. The minimum Gasteiger partial charge on any atom is -0.428 e. The number of furan rings is 1. The van der Waals surface area contributed by atoms with Crippen molar-refractivity contribution < 1.29 is 23.5 Å². The molecule has 4 aromatic rings. The molecule has 160 valence electrons. The molecular formula is C21H18ClN3O5S. The van der Waals surface area contributed by atoms with Crippen LogP contribution in [-0.4, -0.2) is 27.9 Å². The summed E-state index contributed by atoms with van der Waals surface area (Å²) >= 11 is 7.08. The van der Waals surface area contributed by atoms with E-state index in [0.29, 0.717) is 31.7 Å². The van der Waals surface area contributed by atoms with Crippen LogP contribution < -0.4 is 10.1 Å². The maximum Gasteiger partial charge on any atom is 0.516 e. The van der Waals surface area contributed by atoms with Crippen LogP contribution >= 0.6 is 22.9 Å². The predicted molar refractivity (Wildman–Crippen MR) is 118 cm³/mol. The lowest BCUT2D eigenvalue weighted by molar-refractivity contribution is 0.0161. The van der Waals surface area contributed by atoms with Crippen LogP contribution in [0.4, 0.5) is 10.6 Å². The predicted octanol–water partition coefficient (Wildman–Crippen LogP) is 6.10. The number of benzene rings is 1. The summed E-state index contributed by atoms with van der Waals surface area (Å²) in [5.74, 6) is 0.563. The van der Waals surface area contributed by atoms with Crippen molar-refractivity contribution >= 4 is 51.7 Å². The van der Waals surface area contributed by atoms with E-state index in [1.165, 1.54) is 17.4 Å². The number of thiophene rings is 1. The van der Waals surface area contributed by atoms with Gasteiger partial charge in [-0.15, -0.1) is 11.3 Å². The lowest BCUT2D eigenvalue weighted by atomic mass is 10.1. The molecule has 3 heterocycles. The number of nitrogens with one attached hydrogen (secondary N) is 2. The third-order valence-corrected chi connectivity index (χ3v) is 5.26. The van der Waals surface area contributed by atoms with Crippen molar-refractivity contribution in [2.45, 2.75) is 26.4 Å². The minimum atomic E-state index is -0.850. The van der Waals surface area contributed by atoms with Crippen LogP contribution in [0, 0.1) is 0 Å². The highest BCUT2D eigenvalue weighted by Crippen LogP contribution is 2.31. The Morgan fingerprint density at radius 2 is 1.97 bits per heavy atom. The van der Waals surface area contributed by atoms with Crippen LogP contribution in [0.5, 0.6) is 5.95 Å². The fourth-order valence-corrected chi connectivity index (χ4v) is 3.69. The van der Waals surface area contributed by atoms with E-state index in [-0.39, 0.29) is 11.9 Å². The number of H-pyrrole nitrogens is 1. The molecule has 2 N–H and O–H groups in total. The van der Waals surface area contributed by atoms with Gasteiger partial charge >= 0.3 is 6.16 Å². The third kappa shape index (κ3) is 4.89. The third-order valence-electron chi connectivity index (χ3n) is 4.03. The molecule has 4 rings (SSSR count). The van der Waals surface area contributed by atoms with Gasteiger partial charge in [0.25, 0.3) is 11.9 Å². The van der Waals surface area contributed by atoms with E-state index in [1.54, 1.807) is 39.0 Å². The van der Waals surface area contributed by atoms with Gasteiger partial charge in [0.1, 0.15) is 11.4 Å². The van der Waals surface area contributed by atoms with Crippen molar-refractivity contribution in [3.8, 4) is 17.3 Å². The Labute approximate surface area is 186 Å². The lowest BCUT2D eigenvalue weighted by Gasteiger charge is -2.17. The molecule has 1 amide bonds. The van der Waals surface area contributed by atoms with Gasteiger partial charge in [0, 0.05) is 17.0 Å². The summed E-state index contributed by atoms with van der Waals surface area (Å²) in [6.07, 6.45) is -0.850. The van der Waals surface area contributed by atoms with Gasteiger partial charge in [0.2, 0.25) is 0 Å². The first-order valence-corrected chi connectivity index (χ1v) is 10.4. The van der Waals surface area contributed by atoms with Crippen molar-refractivity contribution in [3.63, 3.8) is 0 Å². The number of carbonyl (C=O) groups excluding carboxylic acids is 2. The van der Waals surface area contributed by atoms with Gasteiger partial charge in [-0.05, 0) is 57.2 Å². The van der Waals surface area contributed by atoms with Gasteiger partial charge in [-0.3, -0.25) is 9.89 Å². The number of fused-ring (bicyclic) bond motifs is 1. The zero-order valence-electron chi connectivity index (χ0n) is 16.8. The number of halogens is 1. The Kier molecular flexibility index (Phi) is 5.47.